The second kappa shape index (κ2) is 14.3. The summed E-state index contributed by atoms with van der Waals surface area (Å²) >= 11 is 1.26. The fourth-order valence-corrected chi connectivity index (χ4v) is 4.56. The molecule has 9 N–H and O–H groups in total. The van der Waals surface area contributed by atoms with Gasteiger partial charge < -0.3 is 36.9 Å². The van der Waals surface area contributed by atoms with Crippen LogP contribution in [0.4, 0.5) is 4.79 Å². The Morgan fingerprint density at radius 2 is 1.71 bits per heavy atom. The van der Waals surface area contributed by atoms with Crippen LogP contribution in [0, 0.1) is 10.8 Å². The zero-order valence-corrected chi connectivity index (χ0v) is 24.3. The number of ether oxygens (including phenoxy) is 2. The van der Waals surface area contributed by atoms with Crippen molar-refractivity contribution in [1.29, 1.82) is 10.8 Å². The number of nitrogens with one attached hydrogen (secondary N) is 5. The molecule has 0 radical (unpaired) electrons. The lowest BCUT2D eigenvalue weighted by molar-refractivity contribution is -0.141. The van der Waals surface area contributed by atoms with E-state index >= 15 is 0 Å². The van der Waals surface area contributed by atoms with Crippen molar-refractivity contribution in [2.75, 3.05) is 13.7 Å². The minimum atomic E-state index is -1.74. The fraction of sp³-hybridized carbons (Fsp3) is 0.407. The van der Waals surface area contributed by atoms with Crippen molar-refractivity contribution in [3.8, 4) is 0 Å². The van der Waals surface area contributed by atoms with Gasteiger partial charge in [-0.2, -0.15) is 0 Å². The number of esters is 1. The average molecular weight is 588 g/mol. The van der Waals surface area contributed by atoms with Crippen LogP contribution >= 0.6 is 11.3 Å². The number of nitrogen functional groups attached to an aromatic ring is 2. The molecule has 0 aliphatic heterocycles. The SMILES string of the molecule is COC(=O)CC[C@](Cc1cccc(C(=N)N)c1)(NC(=O)OC(C)(C)C)C(=O)NCC(=O)NCc1ccc(C(=N)N)s1. The summed E-state index contributed by atoms with van der Waals surface area (Å²) in [4.78, 5) is 52.7. The highest BCUT2D eigenvalue weighted by atomic mass is 32.1. The van der Waals surface area contributed by atoms with Gasteiger partial charge in [-0.15, -0.1) is 11.3 Å². The van der Waals surface area contributed by atoms with Crippen molar-refractivity contribution < 1.29 is 28.7 Å². The Kier molecular flexibility index (Phi) is 11.4. The normalized spacial score (nSPS) is 12.4. The molecule has 2 rings (SSSR count). The monoisotopic (exact) mass is 587 g/mol. The number of alkyl carbamates (subject to hydrolysis) is 1. The highest BCUT2D eigenvalue weighted by Crippen LogP contribution is 2.23. The first-order chi connectivity index (χ1) is 19.1. The highest BCUT2D eigenvalue weighted by Gasteiger charge is 2.42. The molecule has 2 aromatic rings. The molecule has 3 amide bonds. The molecule has 222 valence electrons. The number of amides is 3. The molecule has 1 aromatic carbocycles. The summed E-state index contributed by atoms with van der Waals surface area (Å²) in [7, 11) is 1.21. The number of hydrogen-bond donors (Lipinski definition) is 7. The van der Waals surface area contributed by atoms with Gasteiger partial charge in [0.2, 0.25) is 11.8 Å². The van der Waals surface area contributed by atoms with E-state index in [9.17, 15) is 19.2 Å². The zero-order chi connectivity index (χ0) is 30.8. The Labute approximate surface area is 242 Å². The molecule has 14 heteroatoms. The summed E-state index contributed by atoms with van der Waals surface area (Å²) in [5.41, 5.74) is 9.43. The van der Waals surface area contributed by atoms with E-state index < -0.39 is 41.6 Å². The quantitative estimate of drug-likeness (QED) is 0.103. The van der Waals surface area contributed by atoms with Gasteiger partial charge in [0.1, 0.15) is 22.8 Å². The van der Waals surface area contributed by atoms with Crippen LogP contribution in [0.1, 0.15) is 54.5 Å². The predicted octanol–water partition coefficient (Wildman–Crippen LogP) is 1.51. The maximum absolute atomic E-state index is 13.7. The molecular weight excluding hydrogens is 550 g/mol. The largest absolute Gasteiger partial charge is 0.469 e. The number of thiophene rings is 1. The van der Waals surface area contributed by atoms with Crippen LogP contribution in [-0.2, 0) is 36.8 Å². The van der Waals surface area contributed by atoms with Crippen LogP contribution in [0.3, 0.4) is 0 Å². The van der Waals surface area contributed by atoms with Crippen LogP contribution < -0.4 is 27.4 Å². The van der Waals surface area contributed by atoms with Gasteiger partial charge in [0.25, 0.3) is 0 Å². The van der Waals surface area contributed by atoms with Gasteiger partial charge in [-0.3, -0.25) is 25.2 Å². The predicted molar refractivity (Wildman–Crippen MR) is 155 cm³/mol. The lowest BCUT2D eigenvalue weighted by Crippen LogP contribution is -2.61. The number of benzene rings is 1. The van der Waals surface area contributed by atoms with E-state index in [-0.39, 0.29) is 37.5 Å². The maximum Gasteiger partial charge on any atom is 0.408 e. The van der Waals surface area contributed by atoms with Gasteiger partial charge in [-0.05, 0) is 51.0 Å². The first-order valence-corrected chi connectivity index (χ1v) is 13.4. The third-order valence-electron chi connectivity index (χ3n) is 5.70. The molecule has 13 nitrogen and oxygen atoms in total. The van der Waals surface area contributed by atoms with Crippen LogP contribution in [0.15, 0.2) is 36.4 Å². The standard InChI is InChI=1S/C27H37N7O6S/c1-26(2,3)40-25(38)34-27(11-10-21(36)39-4,13-16-6-5-7-17(12-16)22(28)29)24(37)33-15-20(35)32-14-18-8-9-19(41-18)23(30)31/h5-9,12H,10-11,13-15H2,1-4H3,(H3,28,29)(H3,30,31)(H,32,35)(H,33,37)(H,34,38)/t27-/m1/s1. The molecule has 0 saturated heterocycles. The first kappa shape index (κ1) is 32.8. The third-order valence-corrected chi connectivity index (χ3v) is 6.82. The summed E-state index contributed by atoms with van der Waals surface area (Å²) in [6.07, 6.45) is -1.42. The topological polar surface area (TPSA) is 223 Å². The second-order valence-electron chi connectivity index (χ2n) is 10.2. The lowest BCUT2D eigenvalue weighted by Gasteiger charge is -2.34. The summed E-state index contributed by atoms with van der Waals surface area (Å²) in [6.45, 7) is 4.73. The van der Waals surface area contributed by atoms with Crippen molar-refractivity contribution in [3.05, 3.63) is 57.3 Å². The van der Waals surface area contributed by atoms with E-state index in [1.54, 1.807) is 57.2 Å². The van der Waals surface area contributed by atoms with Crippen molar-refractivity contribution in [1.82, 2.24) is 16.0 Å². The van der Waals surface area contributed by atoms with Crippen LogP contribution in [0.25, 0.3) is 0 Å². The Bertz CT molecular complexity index is 1300. The average Bonchev–Trinajstić information content (AvgIpc) is 3.37. The van der Waals surface area contributed by atoms with Crippen molar-refractivity contribution >= 4 is 46.9 Å². The fourth-order valence-electron chi connectivity index (χ4n) is 3.76. The van der Waals surface area contributed by atoms with Gasteiger partial charge in [0.15, 0.2) is 0 Å². The number of rotatable bonds is 13. The van der Waals surface area contributed by atoms with Gasteiger partial charge >= 0.3 is 12.1 Å². The minimum Gasteiger partial charge on any atom is -0.469 e. The number of nitrogens with two attached hydrogens (primary N) is 2. The molecule has 0 fully saturated rings. The first-order valence-electron chi connectivity index (χ1n) is 12.6. The molecule has 1 atom stereocenters. The maximum atomic E-state index is 13.7. The number of methoxy groups -OCH3 is 1. The molecule has 0 unspecified atom stereocenters. The minimum absolute atomic E-state index is 0.0746. The highest BCUT2D eigenvalue weighted by molar-refractivity contribution is 7.14. The van der Waals surface area contributed by atoms with E-state index in [1.165, 1.54) is 18.4 Å². The molecule has 1 heterocycles. The van der Waals surface area contributed by atoms with Crippen LogP contribution in [0.5, 0.6) is 0 Å². The molecule has 41 heavy (non-hydrogen) atoms. The Hall–Kier alpha value is -4.46. The number of amidine groups is 2. The molecule has 0 bridgehead atoms. The van der Waals surface area contributed by atoms with E-state index in [0.717, 1.165) is 4.88 Å². The van der Waals surface area contributed by atoms with Gasteiger partial charge in [0.05, 0.1) is 25.1 Å². The van der Waals surface area contributed by atoms with Gasteiger partial charge in [-0.25, -0.2) is 4.79 Å². The van der Waals surface area contributed by atoms with Crippen LogP contribution in [-0.4, -0.2) is 60.3 Å². The van der Waals surface area contributed by atoms with Gasteiger partial charge in [-0.1, -0.05) is 18.2 Å². The van der Waals surface area contributed by atoms with E-state index in [1.807, 2.05) is 0 Å². The molecule has 0 saturated carbocycles. The Morgan fingerprint density at radius 3 is 2.29 bits per heavy atom. The third kappa shape index (κ3) is 10.6. The molecule has 0 aliphatic rings. The molecule has 0 spiro atoms. The Morgan fingerprint density at radius 1 is 1.00 bits per heavy atom. The summed E-state index contributed by atoms with van der Waals surface area (Å²) < 4.78 is 10.2. The molecule has 1 aromatic heterocycles. The van der Waals surface area contributed by atoms with Crippen molar-refractivity contribution in [2.24, 2.45) is 11.5 Å². The smallest absolute Gasteiger partial charge is 0.408 e. The number of carbonyl (C=O) groups is 4. The van der Waals surface area contributed by atoms with Crippen LogP contribution in [0.2, 0.25) is 0 Å². The van der Waals surface area contributed by atoms with E-state index in [4.69, 9.17) is 31.8 Å². The summed E-state index contributed by atoms with van der Waals surface area (Å²) in [5, 5.41) is 23.1. The van der Waals surface area contributed by atoms with Crippen molar-refractivity contribution in [3.63, 3.8) is 0 Å². The number of hydrogen-bond acceptors (Lipinski definition) is 9. The summed E-state index contributed by atoms with van der Waals surface area (Å²) in [5.74, 6) is -2.10. The lowest BCUT2D eigenvalue weighted by atomic mass is 9.84. The molecular formula is C27H37N7O6S. The van der Waals surface area contributed by atoms with E-state index in [2.05, 4.69) is 16.0 Å². The zero-order valence-electron chi connectivity index (χ0n) is 23.5. The van der Waals surface area contributed by atoms with Crippen molar-refractivity contribution in [2.45, 2.75) is 57.7 Å². The second-order valence-corrected chi connectivity index (χ2v) is 11.4. The Balaban J connectivity index is 2.31. The number of carbonyl (C=O) groups excluding carboxylic acids is 4. The van der Waals surface area contributed by atoms with E-state index in [0.29, 0.717) is 16.0 Å². The molecule has 0 aliphatic carbocycles. The van der Waals surface area contributed by atoms with Gasteiger partial charge in [0, 0.05) is 23.3 Å². The summed E-state index contributed by atoms with van der Waals surface area (Å²) in [6, 6.07) is 9.97.